The number of phenolic OH excluding ortho intramolecular Hbond substituents is 1. The number of carbonyl (C=O) groups is 1. The summed E-state index contributed by atoms with van der Waals surface area (Å²) in [6.07, 6.45) is 3.41. The van der Waals surface area contributed by atoms with Crippen molar-refractivity contribution < 1.29 is 14.6 Å². The molecule has 0 fully saturated rings. The molecule has 0 atom stereocenters. The van der Waals surface area contributed by atoms with Gasteiger partial charge in [0.2, 0.25) is 5.12 Å². The molecular formula is C25H32O3S. The van der Waals surface area contributed by atoms with E-state index in [4.69, 9.17) is 4.74 Å². The zero-order valence-corrected chi connectivity index (χ0v) is 19.3. The summed E-state index contributed by atoms with van der Waals surface area (Å²) in [5.74, 6) is 1.72. The molecule has 0 spiro atoms. The smallest absolute Gasteiger partial charge is 0.212 e. The predicted molar refractivity (Wildman–Crippen MR) is 124 cm³/mol. The molecule has 0 amide bonds. The minimum Gasteiger partial charge on any atom is -0.507 e. The van der Waals surface area contributed by atoms with Crippen molar-refractivity contribution in [2.45, 2.75) is 58.1 Å². The molecule has 156 valence electrons. The highest BCUT2D eigenvalue weighted by Crippen LogP contribution is 2.40. The number of phenols is 1. The molecule has 0 saturated carbocycles. The summed E-state index contributed by atoms with van der Waals surface area (Å²) in [7, 11) is 1.63. The second kappa shape index (κ2) is 9.08. The zero-order valence-electron chi connectivity index (χ0n) is 18.5. The van der Waals surface area contributed by atoms with Crippen LogP contribution >= 0.6 is 11.8 Å². The molecule has 29 heavy (non-hydrogen) atoms. The largest absolute Gasteiger partial charge is 0.507 e. The second-order valence-corrected chi connectivity index (χ2v) is 10.2. The van der Waals surface area contributed by atoms with Gasteiger partial charge in [-0.1, -0.05) is 83.6 Å². The summed E-state index contributed by atoms with van der Waals surface area (Å²) in [6, 6.07) is 11.6. The quantitative estimate of drug-likeness (QED) is 0.572. The SMILES string of the molecule is COc1ccc(C=CC(=O)SCc2cc(C(C)(C)C)c(O)c(C(C)(C)C)c2)cc1. The summed E-state index contributed by atoms with van der Waals surface area (Å²) in [5.41, 5.74) is 3.48. The van der Waals surface area contributed by atoms with Gasteiger partial charge in [-0.25, -0.2) is 0 Å². The van der Waals surface area contributed by atoms with Gasteiger partial charge in [-0.05, 0) is 51.3 Å². The highest BCUT2D eigenvalue weighted by Gasteiger charge is 2.26. The van der Waals surface area contributed by atoms with Crippen molar-refractivity contribution >= 4 is 23.0 Å². The zero-order chi connectivity index (χ0) is 21.8. The first-order valence-corrected chi connectivity index (χ1v) is 10.8. The molecule has 4 heteroatoms. The molecule has 0 aliphatic carbocycles. The fourth-order valence-corrected chi connectivity index (χ4v) is 3.64. The average molecular weight is 413 g/mol. The predicted octanol–water partition coefficient (Wildman–Crippen LogP) is 6.47. The Bertz CT molecular complexity index is 847. The van der Waals surface area contributed by atoms with E-state index in [0.717, 1.165) is 28.0 Å². The molecule has 0 heterocycles. The summed E-state index contributed by atoms with van der Waals surface area (Å²) in [6.45, 7) is 12.5. The highest BCUT2D eigenvalue weighted by atomic mass is 32.2. The lowest BCUT2D eigenvalue weighted by Crippen LogP contribution is -2.17. The molecule has 0 unspecified atom stereocenters. The molecule has 2 rings (SSSR count). The minimum absolute atomic E-state index is 0.00325. The van der Waals surface area contributed by atoms with Crippen molar-refractivity contribution in [3.8, 4) is 11.5 Å². The monoisotopic (exact) mass is 412 g/mol. The van der Waals surface area contributed by atoms with E-state index >= 15 is 0 Å². The van der Waals surface area contributed by atoms with E-state index in [1.54, 1.807) is 13.2 Å². The minimum atomic E-state index is -0.178. The van der Waals surface area contributed by atoms with Crippen molar-refractivity contribution in [1.82, 2.24) is 0 Å². The Kier molecular flexibility index (Phi) is 7.23. The van der Waals surface area contributed by atoms with Crippen molar-refractivity contribution in [2.75, 3.05) is 7.11 Å². The molecule has 3 nitrogen and oxygen atoms in total. The Labute approximate surface area is 179 Å². The van der Waals surface area contributed by atoms with Crippen LogP contribution in [0.2, 0.25) is 0 Å². The van der Waals surface area contributed by atoms with Crippen LogP contribution in [0.25, 0.3) is 6.08 Å². The second-order valence-electron chi connectivity index (χ2n) is 9.25. The number of aromatic hydroxyl groups is 1. The summed E-state index contributed by atoms with van der Waals surface area (Å²) in [5, 5.41) is 10.8. The van der Waals surface area contributed by atoms with Crippen molar-refractivity contribution in [1.29, 1.82) is 0 Å². The Morgan fingerprint density at radius 2 is 1.52 bits per heavy atom. The van der Waals surface area contributed by atoms with Crippen LogP contribution in [0.4, 0.5) is 0 Å². The Morgan fingerprint density at radius 3 is 1.97 bits per heavy atom. The number of methoxy groups -OCH3 is 1. The Morgan fingerprint density at radius 1 is 1.00 bits per heavy atom. The van der Waals surface area contributed by atoms with Gasteiger partial charge >= 0.3 is 0 Å². The van der Waals surface area contributed by atoms with Gasteiger partial charge in [-0.2, -0.15) is 0 Å². The van der Waals surface area contributed by atoms with Gasteiger partial charge in [0.15, 0.2) is 0 Å². The van der Waals surface area contributed by atoms with Crippen LogP contribution in [-0.2, 0) is 21.4 Å². The summed E-state index contributed by atoms with van der Waals surface area (Å²) >= 11 is 1.27. The van der Waals surface area contributed by atoms with E-state index in [1.807, 2.05) is 42.5 Å². The molecule has 0 radical (unpaired) electrons. The molecule has 0 aliphatic rings. The average Bonchev–Trinajstić information content (AvgIpc) is 2.64. The first kappa shape index (κ1) is 23.1. The molecule has 0 bridgehead atoms. The van der Waals surface area contributed by atoms with Crippen LogP contribution < -0.4 is 4.74 Å². The van der Waals surface area contributed by atoms with Crippen LogP contribution in [0.5, 0.6) is 11.5 Å². The number of thioether (sulfide) groups is 1. The fourth-order valence-electron chi connectivity index (χ4n) is 3.00. The third kappa shape index (κ3) is 6.40. The van der Waals surface area contributed by atoms with Crippen LogP contribution in [0, 0.1) is 0 Å². The van der Waals surface area contributed by atoms with E-state index in [-0.39, 0.29) is 15.9 Å². The van der Waals surface area contributed by atoms with E-state index in [9.17, 15) is 9.90 Å². The number of carbonyl (C=O) groups excluding carboxylic acids is 1. The number of ether oxygens (including phenoxy) is 1. The maximum atomic E-state index is 12.3. The molecule has 1 N–H and O–H groups in total. The molecule has 0 aliphatic heterocycles. The van der Waals surface area contributed by atoms with Gasteiger partial charge in [0.1, 0.15) is 11.5 Å². The molecule has 0 aromatic heterocycles. The Balaban J connectivity index is 2.16. The normalized spacial score (nSPS) is 12.4. The maximum absolute atomic E-state index is 12.3. The van der Waals surface area contributed by atoms with Gasteiger partial charge in [-0.3, -0.25) is 4.79 Å². The Hall–Kier alpha value is -2.20. The van der Waals surface area contributed by atoms with Crippen LogP contribution in [-0.4, -0.2) is 17.3 Å². The van der Waals surface area contributed by atoms with E-state index in [1.165, 1.54) is 11.8 Å². The van der Waals surface area contributed by atoms with Gasteiger partial charge in [0.25, 0.3) is 0 Å². The van der Waals surface area contributed by atoms with Crippen molar-refractivity contribution in [2.24, 2.45) is 0 Å². The van der Waals surface area contributed by atoms with Crippen molar-refractivity contribution in [3.05, 3.63) is 64.7 Å². The van der Waals surface area contributed by atoms with E-state index < -0.39 is 0 Å². The lowest BCUT2D eigenvalue weighted by atomic mass is 9.78. The number of benzene rings is 2. The van der Waals surface area contributed by atoms with E-state index in [2.05, 4.69) is 41.5 Å². The lowest BCUT2D eigenvalue weighted by molar-refractivity contribution is -0.107. The maximum Gasteiger partial charge on any atom is 0.212 e. The first-order chi connectivity index (χ1) is 13.4. The van der Waals surface area contributed by atoms with Gasteiger partial charge in [0, 0.05) is 5.75 Å². The number of hydrogen-bond donors (Lipinski definition) is 1. The summed E-state index contributed by atoms with van der Waals surface area (Å²) < 4.78 is 5.14. The highest BCUT2D eigenvalue weighted by molar-refractivity contribution is 8.13. The number of rotatable bonds is 5. The molecule has 2 aromatic rings. The van der Waals surface area contributed by atoms with Gasteiger partial charge < -0.3 is 9.84 Å². The fraction of sp³-hybridized carbons (Fsp3) is 0.400. The third-order valence-electron chi connectivity index (χ3n) is 4.69. The molecular weight excluding hydrogens is 380 g/mol. The third-order valence-corrected chi connectivity index (χ3v) is 5.59. The van der Waals surface area contributed by atoms with Crippen LogP contribution in [0.3, 0.4) is 0 Å². The van der Waals surface area contributed by atoms with Gasteiger partial charge in [-0.15, -0.1) is 0 Å². The summed E-state index contributed by atoms with van der Waals surface area (Å²) in [4.78, 5) is 12.3. The van der Waals surface area contributed by atoms with Crippen LogP contribution in [0.1, 0.15) is 63.8 Å². The number of hydrogen-bond acceptors (Lipinski definition) is 4. The standard InChI is InChI=1S/C25H32O3S/c1-24(2,3)20-14-18(15-21(23(20)27)25(4,5)6)16-29-22(26)13-10-17-8-11-19(28-7)12-9-17/h8-15,27H,16H2,1-7H3. The topological polar surface area (TPSA) is 46.5 Å². The van der Waals surface area contributed by atoms with Crippen molar-refractivity contribution in [3.63, 3.8) is 0 Å². The van der Waals surface area contributed by atoms with E-state index in [0.29, 0.717) is 11.5 Å². The molecule has 2 aromatic carbocycles. The molecule has 0 saturated heterocycles. The first-order valence-electron chi connectivity index (χ1n) is 9.77. The lowest BCUT2D eigenvalue weighted by Gasteiger charge is -2.28. The van der Waals surface area contributed by atoms with Gasteiger partial charge in [0.05, 0.1) is 7.11 Å². The van der Waals surface area contributed by atoms with Crippen LogP contribution in [0.15, 0.2) is 42.5 Å².